The quantitative estimate of drug-likeness (QED) is 0.851. The van der Waals surface area contributed by atoms with Crippen LogP contribution in [0.2, 0.25) is 0 Å². The van der Waals surface area contributed by atoms with Crippen LogP contribution in [-0.2, 0) is 6.54 Å². The van der Waals surface area contributed by atoms with Crippen LogP contribution >= 0.6 is 0 Å². The first kappa shape index (κ1) is 15.4. The monoisotopic (exact) mass is 281 g/mol. The summed E-state index contributed by atoms with van der Waals surface area (Å²) in [5, 5.41) is 6.01. The first-order valence-corrected chi connectivity index (χ1v) is 7.29. The van der Waals surface area contributed by atoms with Crippen LogP contribution in [0.3, 0.4) is 0 Å². The Morgan fingerprint density at radius 2 is 1.86 bits per heavy atom. The molecule has 0 bridgehead atoms. The zero-order valence-corrected chi connectivity index (χ0v) is 13.3. The van der Waals surface area contributed by atoms with E-state index in [9.17, 15) is 0 Å². The van der Waals surface area contributed by atoms with Gasteiger partial charge in [-0.3, -0.25) is 0 Å². The van der Waals surface area contributed by atoms with Gasteiger partial charge in [-0.25, -0.2) is 0 Å². The van der Waals surface area contributed by atoms with Crippen LogP contribution in [0.25, 0.3) is 10.8 Å². The number of hydrogen-bond acceptors (Lipinski definition) is 2. The predicted octanol–water partition coefficient (Wildman–Crippen LogP) is 4.13. The Balaban J connectivity index is 2.38. The highest BCUT2D eigenvalue weighted by Crippen LogP contribution is 2.28. The van der Waals surface area contributed by atoms with Gasteiger partial charge in [0, 0.05) is 17.6 Å². The molecule has 0 aromatic heterocycles. The maximum atomic E-state index is 5.84. The summed E-state index contributed by atoms with van der Waals surface area (Å²) >= 11 is 0. The van der Waals surface area contributed by atoms with E-state index in [2.05, 4.69) is 68.3 Å². The van der Waals surface area contributed by atoms with E-state index in [1.807, 2.05) is 13.0 Å². The van der Waals surface area contributed by atoms with E-state index >= 15 is 0 Å². The SMILES string of the molecule is CC#CCOc1ccc2ccccc2c1CNC(C)(C)C. The number of rotatable bonds is 4. The lowest BCUT2D eigenvalue weighted by molar-refractivity contribution is 0.360. The first-order valence-electron chi connectivity index (χ1n) is 7.29. The average Bonchev–Trinajstić information content (AvgIpc) is 2.45. The van der Waals surface area contributed by atoms with E-state index in [1.165, 1.54) is 16.3 Å². The van der Waals surface area contributed by atoms with E-state index in [4.69, 9.17) is 4.74 Å². The largest absolute Gasteiger partial charge is 0.481 e. The molecule has 0 aliphatic carbocycles. The van der Waals surface area contributed by atoms with Gasteiger partial charge in [-0.1, -0.05) is 36.3 Å². The van der Waals surface area contributed by atoms with Crippen LogP contribution < -0.4 is 10.1 Å². The van der Waals surface area contributed by atoms with Crippen molar-refractivity contribution in [1.29, 1.82) is 0 Å². The van der Waals surface area contributed by atoms with Crippen molar-refractivity contribution in [3.8, 4) is 17.6 Å². The van der Waals surface area contributed by atoms with Gasteiger partial charge < -0.3 is 10.1 Å². The van der Waals surface area contributed by atoms with Gasteiger partial charge in [0.1, 0.15) is 12.4 Å². The highest BCUT2D eigenvalue weighted by atomic mass is 16.5. The molecule has 2 rings (SSSR count). The van der Waals surface area contributed by atoms with Gasteiger partial charge in [0.25, 0.3) is 0 Å². The fourth-order valence-electron chi connectivity index (χ4n) is 2.17. The van der Waals surface area contributed by atoms with Crippen LogP contribution in [0.5, 0.6) is 5.75 Å². The molecule has 0 unspecified atom stereocenters. The third-order valence-electron chi connectivity index (χ3n) is 3.27. The molecule has 2 nitrogen and oxygen atoms in total. The molecule has 0 saturated heterocycles. The fourth-order valence-corrected chi connectivity index (χ4v) is 2.17. The lowest BCUT2D eigenvalue weighted by Gasteiger charge is -2.22. The van der Waals surface area contributed by atoms with Gasteiger partial charge in [0.15, 0.2) is 0 Å². The summed E-state index contributed by atoms with van der Waals surface area (Å²) in [6.07, 6.45) is 0. The Kier molecular flexibility index (Phi) is 4.88. The van der Waals surface area contributed by atoms with E-state index < -0.39 is 0 Å². The average molecular weight is 281 g/mol. The Hall–Kier alpha value is -1.98. The normalized spacial score (nSPS) is 11.0. The van der Waals surface area contributed by atoms with Crippen molar-refractivity contribution in [2.24, 2.45) is 0 Å². The molecular weight excluding hydrogens is 258 g/mol. The van der Waals surface area contributed by atoms with Gasteiger partial charge in [0.05, 0.1) is 0 Å². The van der Waals surface area contributed by atoms with E-state index in [0.29, 0.717) is 6.61 Å². The molecule has 0 aliphatic heterocycles. The van der Waals surface area contributed by atoms with Gasteiger partial charge in [-0.15, -0.1) is 5.92 Å². The number of benzene rings is 2. The molecule has 2 heteroatoms. The van der Waals surface area contributed by atoms with E-state index in [0.717, 1.165) is 12.3 Å². The van der Waals surface area contributed by atoms with Crippen molar-refractivity contribution < 1.29 is 4.74 Å². The molecule has 0 amide bonds. The van der Waals surface area contributed by atoms with Gasteiger partial charge in [-0.05, 0) is 44.5 Å². The molecule has 110 valence electrons. The first-order chi connectivity index (χ1) is 10.0. The van der Waals surface area contributed by atoms with Crippen LogP contribution in [0.1, 0.15) is 33.3 Å². The number of nitrogens with one attached hydrogen (secondary N) is 1. The zero-order chi connectivity index (χ0) is 15.3. The van der Waals surface area contributed by atoms with Gasteiger partial charge in [-0.2, -0.15) is 0 Å². The highest BCUT2D eigenvalue weighted by Gasteiger charge is 2.13. The molecule has 0 radical (unpaired) electrons. The summed E-state index contributed by atoms with van der Waals surface area (Å²) in [5.41, 5.74) is 1.26. The molecule has 0 saturated carbocycles. The topological polar surface area (TPSA) is 21.3 Å². The van der Waals surface area contributed by atoms with Gasteiger partial charge >= 0.3 is 0 Å². The van der Waals surface area contributed by atoms with Crippen molar-refractivity contribution in [2.75, 3.05) is 6.61 Å². The molecule has 2 aromatic carbocycles. The van der Waals surface area contributed by atoms with Crippen molar-refractivity contribution in [2.45, 2.75) is 39.8 Å². The van der Waals surface area contributed by atoms with Crippen molar-refractivity contribution in [3.05, 3.63) is 42.0 Å². The van der Waals surface area contributed by atoms with Gasteiger partial charge in [0.2, 0.25) is 0 Å². The highest BCUT2D eigenvalue weighted by molar-refractivity contribution is 5.87. The third-order valence-corrected chi connectivity index (χ3v) is 3.27. The fraction of sp³-hybridized carbons (Fsp3) is 0.368. The molecule has 0 spiro atoms. The molecule has 1 N–H and O–H groups in total. The molecule has 2 aromatic rings. The molecule has 0 heterocycles. The molecular formula is C19H23NO. The molecule has 0 atom stereocenters. The number of fused-ring (bicyclic) bond motifs is 1. The smallest absolute Gasteiger partial charge is 0.149 e. The van der Waals surface area contributed by atoms with E-state index in [1.54, 1.807) is 0 Å². The lowest BCUT2D eigenvalue weighted by atomic mass is 10.0. The molecule has 21 heavy (non-hydrogen) atoms. The molecule has 0 aliphatic rings. The van der Waals surface area contributed by atoms with E-state index in [-0.39, 0.29) is 5.54 Å². The zero-order valence-electron chi connectivity index (χ0n) is 13.3. The number of ether oxygens (including phenoxy) is 1. The summed E-state index contributed by atoms with van der Waals surface area (Å²) in [6, 6.07) is 12.5. The Labute approximate surface area is 127 Å². The second-order valence-electron chi connectivity index (χ2n) is 6.08. The summed E-state index contributed by atoms with van der Waals surface area (Å²) in [7, 11) is 0. The van der Waals surface area contributed by atoms with Crippen molar-refractivity contribution in [1.82, 2.24) is 5.32 Å². The van der Waals surface area contributed by atoms with Crippen LogP contribution in [0.4, 0.5) is 0 Å². The van der Waals surface area contributed by atoms with Crippen LogP contribution in [0, 0.1) is 11.8 Å². The maximum Gasteiger partial charge on any atom is 0.149 e. The minimum absolute atomic E-state index is 0.0669. The second kappa shape index (κ2) is 6.65. The minimum Gasteiger partial charge on any atom is -0.481 e. The minimum atomic E-state index is 0.0669. The standard InChI is InChI=1S/C19H23NO/c1-5-6-13-21-18-12-11-15-9-7-8-10-16(15)17(18)14-20-19(2,3)4/h7-12,20H,13-14H2,1-4H3. The molecule has 0 fully saturated rings. The summed E-state index contributed by atoms with van der Waals surface area (Å²) in [6.45, 7) is 9.53. The maximum absolute atomic E-state index is 5.84. The lowest BCUT2D eigenvalue weighted by Crippen LogP contribution is -2.35. The third kappa shape index (κ3) is 4.24. The van der Waals surface area contributed by atoms with Crippen molar-refractivity contribution in [3.63, 3.8) is 0 Å². The second-order valence-corrected chi connectivity index (χ2v) is 6.08. The Morgan fingerprint density at radius 3 is 2.57 bits per heavy atom. The van der Waals surface area contributed by atoms with Crippen molar-refractivity contribution >= 4 is 10.8 Å². The summed E-state index contributed by atoms with van der Waals surface area (Å²) in [4.78, 5) is 0. The van der Waals surface area contributed by atoms with Crippen LogP contribution in [0.15, 0.2) is 36.4 Å². The summed E-state index contributed by atoms with van der Waals surface area (Å²) < 4.78 is 5.84. The number of hydrogen-bond donors (Lipinski definition) is 1. The Morgan fingerprint density at radius 1 is 1.10 bits per heavy atom. The van der Waals surface area contributed by atoms with Crippen LogP contribution in [-0.4, -0.2) is 12.1 Å². The predicted molar refractivity (Wildman–Crippen MR) is 89.5 cm³/mol. The Bertz CT molecular complexity index is 671. The summed E-state index contributed by atoms with van der Waals surface area (Å²) in [5.74, 6) is 6.72.